The molecule has 1 aliphatic rings. The van der Waals surface area contributed by atoms with Crippen LogP contribution in [0.15, 0.2) is 16.6 Å². The molecule has 3 nitrogen and oxygen atoms in total. The number of benzene rings is 1. The summed E-state index contributed by atoms with van der Waals surface area (Å²) in [5.74, 6) is -0.206. The molecular formula is C12H14BrClFNO2. The molecule has 0 amide bonds. The normalized spacial score (nSPS) is 16.7. The van der Waals surface area contributed by atoms with Gasteiger partial charge in [-0.25, -0.2) is 4.39 Å². The molecule has 0 aromatic heterocycles. The zero-order chi connectivity index (χ0) is 13.1. The molecule has 0 aliphatic heterocycles. The summed E-state index contributed by atoms with van der Waals surface area (Å²) in [5.41, 5.74) is 0. The van der Waals surface area contributed by atoms with Crippen molar-refractivity contribution >= 4 is 27.5 Å². The number of hydrogen-bond donors (Lipinski definition) is 2. The van der Waals surface area contributed by atoms with Gasteiger partial charge in [0.05, 0.1) is 9.50 Å². The van der Waals surface area contributed by atoms with Gasteiger partial charge in [-0.05, 0) is 34.8 Å². The monoisotopic (exact) mass is 337 g/mol. The predicted molar refractivity (Wildman–Crippen MR) is 71.6 cm³/mol. The van der Waals surface area contributed by atoms with Gasteiger partial charge < -0.3 is 15.2 Å². The summed E-state index contributed by atoms with van der Waals surface area (Å²) in [4.78, 5) is 0. The van der Waals surface area contributed by atoms with E-state index in [1.54, 1.807) is 0 Å². The molecule has 1 atom stereocenters. The minimum Gasteiger partial charge on any atom is -0.490 e. The summed E-state index contributed by atoms with van der Waals surface area (Å²) in [6.07, 6.45) is 1.72. The van der Waals surface area contributed by atoms with Crippen LogP contribution in [0.25, 0.3) is 0 Å². The molecule has 0 bridgehead atoms. The van der Waals surface area contributed by atoms with E-state index in [-0.39, 0.29) is 11.6 Å². The highest BCUT2D eigenvalue weighted by atomic mass is 79.9. The molecule has 18 heavy (non-hydrogen) atoms. The highest BCUT2D eigenvalue weighted by molar-refractivity contribution is 9.10. The fraction of sp³-hybridized carbons (Fsp3) is 0.500. The van der Waals surface area contributed by atoms with Crippen molar-refractivity contribution in [3.63, 3.8) is 0 Å². The third kappa shape index (κ3) is 4.09. The fourth-order valence-electron chi connectivity index (χ4n) is 1.45. The summed E-state index contributed by atoms with van der Waals surface area (Å²) in [7, 11) is 0. The lowest BCUT2D eigenvalue weighted by atomic mass is 10.3. The smallest absolute Gasteiger partial charge is 0.145 e. The molecule has 6 heteroatoms. The van der Waals surface area contributed by atoms with Crippen molar-refractivity contribution in [2.45, 2.75) is 25.0 Å². The van der Waals surface area contributed by atoms with E-state index in [2.05, 4.69) is 21.2 Å². The summed E-state index contributed by atoms with van der Waals surface area (Å²) >= 11 is 8.85. The van der Waals surface area contributed by atoms with Crippen LogP contribution >= 0.6 is 27.5 Å². The van der Waals surface area contributed by atoms with Crippen molar-refractivity contribution in [1.29, 1.82) is 0 Å². The number of halogens is 3. The standard InChI is InChI=1S/C12H14BrClFNO2/c13-9-3-10(14)11(15)4-12(9)18-6-8(17)5-16-7-1-2-7/h3-4,7-8,16-17H,1-2,5-6H2. The molecule has 0 spiro atoms. The van der Waals surface area contributed by atoms with Crippen LogP contribution in [0.1, 0.15) is 12.8 Å². The first-order chi connectivity index (χ1) is 8.56. The van der Waals surface area contributed by atoms with Gasteiger partial charge in [0.25, 0.3) is 0 Å². The van der Waals surface area contributed by atoms with Crippen LogP contribution in [0.3, 0.4) is 0 Å². The van der Waals surface area contributed by atoms with E-state index in [4.69, 9.17) is 16.3 Å². The summed E-state index contributed by atoms with van der Waals surface area (Å²) in [6, 6.07) is 3.17. The molecule has 1 aliphatic carbocycles. The molecule has 1 unspecified atom stereocenters. The first-order valence-corrected chi connectivity index (χ1v) is 6.92. The van der Waals surface area contributed by atoms with E-state index < -0.39 is 11.9 Å². The quantitative estimate of drug-likeness (QED) is 0.784. The lowest BCUT2D eigenvalue weighted by molar-refractivity contribution is 0.105. The highest BCUT2D eigenvalue weighted by Gasteiger charge is 2.21. The third-order valence-electron chi connectivity index (χ3n) is 2.63. The Morgan fingerprint density at radius 1 is 1.56 bits per heavy atom. The van der Waals surface area contributed by atoms with E-state index in [9.17, 15) is 9.50 Å². The molecule has 1 aromatic carbocycles. The van der Waals surface area contributed by atoms with Gasteiger partial charge in [0.1, 0.15) is 24.3 Å². The van der Waals surface area contributed by atoms with Gasteiger partial charge in [-0.1, -0.05) is 11.6 Å². The Labute approximate surface area is 118 Å². The van der Waals surface area contributed by atoms with Crippen molar-refractivity contribution in [3.8, 4) is 5.75 Å². The van der Waals surface area contributed by atoms with E-state index in [1.807, 2.05) is 0 Å². The molecule has 1 aromatic rings. The summed E-state index contributed by atoms with van der Waals surface area (Å²) < 4.78 is 19.2. The minimum absolute atomic E-state index is 0.0326. The molecule has 2 N–H and O–H groups in total. The number of nitrogens with one attached hydrogen (secondary N) is 1. The Morgan fingerprint density at radius 2 is 2.28 bits per heavy atom. The van der Waals surface area contributed by atoms with E-state index in [0.717, 1.165) is 0 Å². The fourth-order valence-corrected chi connectivity index (χ4v) is 2.20. The van der Waals surface area contributed by atoms with Crippen LogP contribution < -0.4 is 10.1 Å². The van der Waals surface area contributed by atoms with Crippen molar-refractivity contribution in [3.05, 3.63) is 27.4 Å². The number of aliphatic hydroxyl groups excluding tert-OH is 1. The lowest BCUT2D eigenvalue weighted by Crippen LogP contribution is -2.32. The maximum absolute atomic E-state index is 13.2. The number of rotatable bonds is 6. The van der Waals surface area contributed by atoms with E-state index in [0.29, 0.717) is 22.8 Å². The first-order valence-electron chi connectivity index (χ1n) is 5.75. The highest BCUT2D eigenvalue weighted by Crippen LogP contribution is 2.30. The predicted octanol–water partition coefficient (Wildman–Crippen LogP) is 2.73. The van der Waals surface area contributed by atoms with Crippen LogP contribution in [-0.4, -0.2) is 30.4 Å². The van der Waals surface area contributed by atoms with Crippen LogP contribution in [0, 0.1) is 5.82 Å². The molecule has 1 fully saturated rings. The lowest BCUT2D eigenvalue weighted by Gasteiger charge is -2.14. The molecule has 0 radical (unpaired) electrons. The molecular weight excluding hydrogens is 324 g/mol. The summed E-state index contributed by atoms with van der Waals surface area (Å²) in [5, 5.41) is 12.9. The zero-order valence-corrected chi connectivity index (χ0v) is 12.0. The maximum atomic E-state index is 13.2. The Morgan fingerprint density at radius 3 is 2.94 bits per heavy atom. The molecule has 1 saturated carbocycles. The Hall–Kier alpha value is -0.360. The topological polar surface area (TPSA) is 41.5 Å². The van der Waals surface area contributed by atoms with E-state index in [1.165, 1.54) is 25.0 Å². The zero-order valence-electron chi connectivity index (χ0n) is 9.63. The Balaban J connectivity index is 1.82. The number of aliphatic hydroxyl groups is 1. The molecule has 100 valence electrons. The minimum atomic E-state index is -0.615. The van der Waals surface area contributed by atoms with E-state index >= 15 is 0 Å². The second kappa shape index (κ2) is 6.19. The van der Waals surface area contributed by atoms with Gasteiger partial charge in [0, 0.05) is 18.7 Å². The molecule has 2 rings (SSSR count). The summed E-state index contributed by atoms with van der Waals surface area (Å²) in [6.45, 7) is 0.595. The maximum Gasteiger partial charge on any atom is 0.145 e. The first kappa shape index (κ1) is 14.1. The molecule has 0 saturated heterocycles. The van der Waals surface area contributed by atoms with Crippen molar-refractivity contribution in [2.75, 3.05) is 13.2 Å². The average molecular weight is 339 g/mol. The Kier molecular flexibility index (Phi) is 4.84. The van der Waals surface area contributed by atoms with Crippen LogP contribution in [0.5, 0.6) is 5.75 Å². The van der Waals surface area contributed by atoms with Crippen molar-refractivity contribution < 1.29 is 14.2 Å². The SMILES string of the molecule is OC(CNC1CC1)COc1cc(F)c(Cl)cc1Br. The van der Waals surface area contributed by atoms with Crippen LogP contribution in [0.2, 0.25) is 5.02 Å². The molecule has 0 heterocycles. The largest absolute Gasteiger partial charge is 0.490 e. The van der Waals surface area contributed by atoms with Crippen molar-refractivity contribution in [1.82, 2.24) is 5.32 Å². The third-order valence-corrected chi connectivity index (χ3v) is 3.53. The van der Waals surface area contributed by atoms with Crippen molar-refractivity contribution in [2.24, 2.45) is 0 Å². The second-order valence-corrected chi connectivity index (χ2v) is 5.61. The second-order valence-electron chi connectivity index (χ2n) is 4.34. The average Bonchev–Trinajstić information content (AvgIpc) is 3.13. The van der Waals surface area contributed by atoms with Gasteiger partial charge in [0.15, 0.2) is 0 Å². The Bertz CT molecular complexity index is 429. The van der Waals surface area contributed by atoms with Gasteiger partial charge >= 0.3 is 0 Å². The van der Waals surface area contributed by atoms with Gasteiger partial charge in [-0.3, -0.25) is 0 Å². The number of ether oxygens (including phenoxy) is 1. The van der Waals surface area contributed by atoms with Crippen LogP contribution in [0.4, 0.5) is 4.39 Å². The van der Waals surface area contributed by atoms with Gasteiger partial charge in [-0.15, -0.1) is 0 Å². The van der Waals surface area contributed by atoms with Gasteiger partial charge in [-0.2, -0.15) is 0 Å². The van der Waals surface area contributed by atoms with Gasteiger partial charge in [0.2, 0.25) is 0 Å². The number of hydrogen-bond acceptors (Lipinski definition) is 3. The van der Waals surface area contributed by atoms with Crippen LogP contribution in [-0.2, 0) is 0 Å².